The quantitative estimate of drug-likeness (QED) is 0.444. The molecular formula is C10H13N3O4. The molecule has 1 heterocycles. The average Bonchev–Trinajstić information content (AvgIpc) is 2.57. The monoisotopic (exact) mass is 239 g/mol. The van der Waals surface area contributed by atoms with Crippen molar-refractivity contribution in [2.24, 2.45) is 0 Å². The van der Waals surface area contributed by atoms with Gasteiger partial charge in [0.1, 0.15) is 18.0 Å². The van der Waals surface area contributed by atoms with E-state index < -0.39 is 23.9 Å². The molecule has 5 N–H and O–H groups in total. The van der Waals surface area contributed by atoms with Crippen LogP contribution in [0.2, 0.25) is 0 Å². The van der Waals surface area contributed by atoms with Gasteiger partial charge >= 0.3 is 5.69 Å². The van der Waals surface area contributed by atoms with Crippen LogP contribution in [0.3, 0.4) is 0 Å². The third kappa shape index (κ3) is 1.95. The summed E-state index contributed by atoms with van der Waals surface area (Å²) in [6, 6.07) is 0.679. The molecular weight excluding hydrogens is 226 g/mol. The van der Waals surface area contributed by atoms with E-state index in [1.165, 1.54) is 18.3 Å². The van der Waals surface area contributed by atoms with Crippen molar-refractivity contribution < 1.29 is 15.3 Å². The summed E-state index contributed by atoms with van der Waals surface area (Å²) in [6.07, 6.45) is 0.492. The molecule has 0 amide bonds. The second-order valence-corrected chi connectivity index (χ2v) is 3.87. The van der Waals surface area contributed by atoms with Gasteiger partial charge in [0.25, 0.3) is 0 Å². The van der Waals surface area contributed by atoms with E-state index in [1.54, 1.807) is 0 Å². The van der Waals surface area contributed by atoms with E-state index in [2.05, 4.69) is 4.98 Å². The van der Waals surface area contributed by atoms with Crippen molar-refractivity contribution in [2.75, 3.05) is 12.3 Å². The maximum Gasteiger partial charge on any atom is 0.350 e. The number of aliphatic hydroxyl groups is 3. The number of nitrogens with two attached hydrogens (primary N) is 1. The molecule has 0 saturated heterocycles. The van der Waals surface area contributed by atoms with Crippen LogP contribution in [0.5, 0.6) is 0 Å². The van der Waals surface area contributed by atoms with Gasteiger partial charge in [0.15, 0.2) is 0 Å². The van der Waals surface area contributed by atoms with Crippen molar-refractivity contribution in [2.45, 2.75) is 18.2 Å². The maximum absolute atomic E-state index is 11.6. The van der Waals surface area contributed by atoms with Crippen molar-refractivity contribution >= 4 is 5.82 Å². The first-order valence-electron chi connectivity index (χ1n) is 5.07. The largest absolute Gasteiger partial charge is 0.392 e. The van der Waals surface area contributed by atoms with Gasteiger partial charge in [-0.1, -0.05) is 6.08 Å². The molecule has 1 aliphatic carbocycles. The van der Waals surface area contributed by atoms with Gasteiger partial charge in [0, 0.05) is 6.20 Å². The molecule has 0 aromatic carbocycles. The van der Waals surface area contributed by atoms with Crippen LogP contribution in [0, 0.1) is 0 Å². The molecule has 0 spiro atoms. The molecule has 0 unspecified atom stereocenters. The summed E-state index contributed by atoms with van der Waals surface area (Å²) in [7, 11) is 0. The Morgan fingerprint density at radius 2 is 2.18 bits per heavy atom. The highest BCUT2D eigenvalue weighted by Gasteiger charge is 2.35. The zero-order valence-electron chi connectivity index (χ0n) is 8.89. The average molecular weight is 239 g/mol. The molecule has 0 aliphatic heterocycles. The van der Waals surface area contributed by atoms with Gasteiger partial charge in [-0.25, -0.2) is 4.79 Å². The van der Waals surface area contributed by atoms with Gasteiger partial charge < -0.3 is 21.1 Å². The summed E-state index contributed by atoms with van der Waals surface area (Å²) in [4.78, 5) is 15.1. The lowest BCUT2D eigenvalue weighted by molar-refractivity contribution is 0.0272. The zero-order valence-corrected chi connectivity index (χ0v) is 8.89. The van der Waals surface area contributed by atoms with Gasteiger partial charge in [0.05, 0.1) is 12.6 Å². The minimum Gasteiger partial charge on any atom is -0.392 e. The Kier molecular flexibility index (Phi) is 2.97. The van der Waals surface area contributed by atoms with E-state index in [4.69, 9.17) is 10.8 Å². The van der Waals surface area contributed by atoms with E-state index in [0.717, 1.165) is 4.57 Å². The zero-order chi connectivity index (χ0) is 12.6. The number of hydrogen-bond acceptors (Lipinski definition) is 6. The summed E-state index contributed by atoms with van der Waals surface area (Å²) in [5, 5.41) is 28.3. The van der Waals surface area contributed by atoms with Gasteiger partial charge in [-0.05, 0) is 11.6 Å². The minimum atomic E-state index is -1.18. The van der Waals surface area contributed by atoms with Crippen molar-refractivity contribution in [3.05, 3.63) is 34.4 Å². The molecule has 1 aromatic rings. The first-order chi connectivity index (χ1) is 8.04. The first kappa shape index (κ1) is 11.8. The Bertz CT molecular complexity index is 511. The molecule has 0 saturated carbocycles. The smallest absolute Gasteiger partial charge is 0.350 e. The fourth-order valence-electron chi connectivity index (χ4n) is 1.87. The Morgan fingerprint density at radius 3 is 2.71 bits per heavy atom. The maximum atomic E-state index is 11.6. The molecule has 92 valence electrons. The number of hydrogen-bond donors (Lipinski definition) is 4. The lowest BCUT2D eigenvalue weighted by Gasteiger charge is -2.18. The first-order valence-corrected chi connectivity index (χ1v) is 5.07. The highest BCUT2D eigenvalue weighted by Crippen LogP contribution is 2.27. The van der Waals surface area contributed by atoms with Crippen molar-refractivity contribution in [3.63, 3.8) is 0 Å². The Hall–Kier alpha value is -1.70. The van der Waals surface area contributed by atoms with E-state index in [1.807, 2.05) is 0 Å². The van der Waals surface area contributed by atoms with Crippen LogP contribution in [0.15, 0.2) is 28.7 Å². The molecule has 0 radical (unpaired) electrons. The molecule has 7 heteroatoms. The molecule has 17 heavy (non-hydrogen) atoms. The van der Waals surface area contributed by atoms with E-state index in [-0.39, 0.29) is 18.0 Å². The van der Waals surface area contributed by atoms with Crippen molar-refractivity contribution in [1.29, 1.82) is 0 Å². The van der Waals surface area contributed by atoms with Crippen LogP contribution in [-0.2, 0) is 0 Å². The topological polar surface area (TPSA) is 122 Å². The van der Waals surface area contributed by atoms with E-state index in [0.29, 0.717) is 0 Å². The van der Waals surface area contributed by atoms with Gasteiger partial charge in [-0.15, -0.1) is 0 Å². The SMILES string of the molecule is Nc1ccn([C@H]2C=C(CO)[C@H](O)[C@@H]2O)c(=O)n1. The molecule has 1 aromatic heterocycles. The number of nitrogen functional groups attached to an aromatic ring is 1. The summed E-state index contributed by atoms with van der Waals surface area (Å²) < 4.78 is 1.16. The van der Waals surface area contributed by atoms with Crippen LogP contribution in [0.4, 0.5) is 5.82 Å². The number of anilines is 1. The number of aromatic nitrogens is 2. The lowest BCUT2D eigenvalue weighted by atomic mass is 10.1. The van der Waals surface area contributed by atoms with Crippen LogP contribution in [0.1, 0.15) is 6.04 Å². The molecule has 3 atom stereocenters. The predicted molar refractivity (Wildman–Crippen MR) is 59.1 cm³/mol. The standard InChI is InChI=1S/C10H13N3O4/c11-7-1-2-13(10(17)12-7)6-3-5(4-14)8(15)9(6)16/h1-3,6,8-9,14-16H,4H2,(H2,11,12,17)/t6-,8-,9+/m0/s1. The lowest BCUT2D eigenvalue weighted by Crippen LogP contribution is -2.35. The summed E-state index contributed by atoms with van der Waals surface area (Å²) >= 11 is 0. The second kappa shape index (κ2) is 4.28. The molecule has 7 nitrogen and oxygen atoms in total. The summed E-state index contributed by atoms with van der Waals surface area (Å²) in [6.45, 7) is -0.369. The number of nitrogens with zero attached hydrogens (tertiary/aromatic N) is 2. The minimum absolute atomic E-state index is 0.0886. The Balaban J connectivity index is 2.41. The fourth-order valence-corrected chi connectivity index (χ4v) is 1.87. The highest BCUT2D eigenvalue weighted by atomic mass is 16.3. The van der Waals surface area contributed by atoms with Crippen LogP contribution >= 0.6 is 0 Å². The fraction of sp³-hybridized carbons (Fsp3) is 0.400. The normalized spacial score (nSPS) is 28.2. The van der Waals surface area contributed by atoms with Crippen LogP contribution in [-0.4, -0.2) is 43.7 Å². The number of rotatable bonds is 2. The van der Waals surface area contributed by atoms with Crippen LogP contribution < -0.4 is 11.4 Å². The Labute approximate surface area is 96.5 Å². The van der Waals surface area contributed by atoms with Gasteiger partial charge in [-0.3, -0.25) is 4.57 Å². The Morgan fingerprint density at radius 1 is 1.47 bits per heavy atom. The van der Waals surface area contributed by atoms with Crippen LogP contribution in [0.25, 0.3) is 0 Å². The third-order valence-corrected chi connectivity index (χ3v) is 2.79. The van der Waals surface area contributed by atoms with Crippen molar-refractivity contribution in [3.8, 4) is 0 Å². The number of aliphatic hydroxyl groups excluding tert-OH is 3. The molecule has 2 rings (SSSR count). The predicted octanol–water partition coefficient (Wildman–Crippen LogP) is -1.98. The third-order valence-electron chi connectivity index (χ3n) is 2.79. The van der Waals surface area contributed by atoms with E-state index >= 15 is 0 Å². The summed E-state index contributed by atoms with van der Waals surface area (Å²) in [5.41, 5.74) is 5.02. The highest BCUT2D eigenvalue weighted by molar-refractivity contribution is 5.27. The molecule has 0 fully saturated rings. The van der Waals surface area contributed by atoms with Gasteiger partial charge in [0.2, 0.25) is 0 Å². The molecule has 0 bridgehead atoms. The summed E-state index contributed by atoms with van der Waals surface area (Å²) in [5.74, 6) is 0.0886. The van der Waals surface area contributed by atoms with E-state index in [9.17, 15) is 15.0 Å². The second-order valence-electron chi connectivity index (χ2n) is 3.87. The van der Waals surface area contributed by atoms with Crippen molar-refractivity contribution in [1.82, 2.24) is 9.55 Å². The molecule has 1 aliphatic rings. The van der Waals surface area contributed by atoms with Gasteiger partial charge in [-0.2, -0.15) is 4.98 Å².